The van der Waals surface area contributed by atoms with Crippen molar-refractivity contribution in [2.24, 2.45) is 0 Å². The van der Waals surface area contributed by atoms with Crippen molar-refractivity contribution in [2.45, 2.75) is 17.7 Å². The Morgan fingerprint density at radius 2 is 1.70 bits per heavy atom. The van der Waals surface area contributed by atoms with Gasteiger partial charge in [0.2, 0.25) is 0 Å². The van der Waals surface area contributed by atoms with Gasteiger partial charge < -0.3 is 15.4 Å². The van der Waals surface area contributed by atoms with Crippen LogP contribution in [-0.4, -0.2) is 28.1 Å². The molecule has 33 heavy (non-hydrogen) atoms. The zero-order valence-electron chi connectivity index (χ0n) is 17.6. The van der Waals surface area contributed by atoms with E-state index in [1.807, 2.05) is 0 Å². The zero-order valence-corrected chi connectivity index (χ0v) is 18.5. The lowest BCUT2D eigenvalue weighted by molar-refractivity contribution is 0.262. The van der Waals surface area contributed by atoms with E-state index < -0.39 is 33.4 Å². The maximum absolute atomic E-state index is 13.8. The molecule has 0 atom stereocenters. The highest BCUT2D eigenvalue weighted by Crippen LogP contribution is 2.34. The van der Waals surface area contributed by atoms with Crippen LogP contribution in [0.1, 0.15) is 12.0 Å². The summed E-state index contributed by atoms with van der Waals surface area (Å²) in [6.45, 7) is 0.321. The van der Waals surface area contributed by atoms with Gasteiger partial charge in [-0.2, -0.15) is 0 Å². The first-order chi connectivity index (χ1) is 15.8. The number of carbonyl (C=O) groups excluding carboxylic acids is 1. The Kier molecular flexibility index (Phi) is 6.19. The van der Waals surface area contributed by atoms with Gasteiger partial charge in [0.1, 0.15) is 23.1 Å². The fourth-order valence-corrected chi connectivity index (χ4v) is 5.20. The first kappa shape index (κ1) is 22.5. The summed E-state index contributed by atoms with van der Waals surface area (Å²) >= 11 is 0. The molecular weight excluding hydrogens is 452 g/mol. The summed E-state index contributed by atoms with van der Waals surface area (Å²) in [5.41, 5.74) is 1.06. The molecule has 3 aromatic carbocycles. The molecule has 0 bridgehead atoms. The number of hydrogen-bond acceptors (Lipinski definition) is 4. The number of halogens is 2. The molecular formula is C23H21F2N3O4S. The van der Waals surface area contributed by atoms with Crippen LogP contribution in [0.2, 0.25) is 0 Å². The van der Waals surface area contributed by atoms with Crippen LogP contribution in [0.15, 0.2) is 65.6 Å². The second-order valence-electron chi connectivity index (χ2n) is 7.38. The normalized spacial score (nSPS) is 13.2. The average Bonchev–Trinajstić information content (AvgIpc) is 2.81. The Balaban J connectivity index is 1.55. The standard InChI is InChI=1S/C23H21F2N3O4S/c1-32-17-8-10-18(11-9-17)33(30,31)28-13-3-4-15-14-16(7-12-21(15)28)26-23(29)27-22-19(24)5-2-6-20(22)25/h2,5-12,14H,3-4,13H2,1H3,(H2,26,27,29). The molecule has 0 spiro atoms. The fourth-order valence-electron chi connectivity index (χ4n) is 3.66. The molecule has 0 saturated heterocycles. The number of aryl methyl sites for hydroxylation is 1. The van der Waals surface area contributed by atoms with Crippen LogP contribution >= 0.6 is 0 Å². The van der Waals surface area contributed by atoms with Crippen molar-refractivity contribution in [3.63, 3.8) is 0 Å². The monoisotopic (exact) mass is 473 g/mol. The number of nitrogens with zero attached hydrogens (tertiary/aromatic N) is 1. The summed E-state index contributed by atoms with van der Waals surface area (Å²) in [6, 6.07) is 13.4. The van der Waals surface area contributed by atoms with Crippen molar-refractivity contribution in [2.75, 3.05) is 28.6 Å². The molecule has 1 heterocycles. The molecule has 0 aliphatic carbocycles. The second kappa shape index (κ2) is 9.07. The maximum Gasteiger partial charge on any atom is 0.323 e. The molecule has 2 N–H and O–H groups in total. The van der Waals surface area contributed by atoms with Gasteiger partial charge in [0.15, 0.2) is 0 Å². The van der Waals surface area contributed by atoms with E-state index in [1.54, 1.807) is 24.3 Å². The van der Waals surface area contributed by atoms with Crippen LogP contribution in [0.5, 0.6) is 5.75 Å². The minimum atomic E-state index is -3.79. The molecule has 2 amide bonds. The van der Waals surface area contributed by atoms with Gasteiger partial charge >= 0.3 is 6.03 Å². The summed E-state index contributed by atoms with van der Waals surface area (Å²) in [6.07, 6.45) is 1.21. The number of methoxy groups -OCH3 is 1. The van der Waals surface area contributed by atoms with Crippen molar-refractivity contribution in [3.05, 3.63) is 77.9 Å². The highest BCUT2D eigenvalue weighted by Gasteiger charge is 2.29. The number of para-hydroxylation sites is 1. The molecule has 1 aliphatic rings. The Labute approximate surface area is 190 Å². The minimum absolute atomic E-state index is 0.143. The third-order valence-electron chi connectivity index (χ3n) is 5.26. The first-order valence-electron chi connectivity index (χ1n) is 10.1. The number of hydrogen-bond donors (Lipinski definition) is 2. The molecule has 3 aromatic rings. The van der Waals surface area contributed by atoms with Gasteiger partial charge in [-0.15, -0.1) is 0 Å². The Morgan fingerprint density at radius 3 is 2.36 bits per heavy atom. The van der Waals surface area contributed by atoms with Crippen LogP contribution < -0.4 is 19.7 Å². The molecule has 7 nitrogen and oxygen atoms in total. The summed E-state index contributed by atoms with van der Waals surface area (Å²) < 4.78 is 60.4. The van der Waals surface area contributed by atoms with E-state index in [9.17, 15) is 22.0 Å². The second-order valence-corrected chi connectivity index (χ2v) is 9.24. The van der Waals surface area contributed by atoms with Gasteiger partial charge in [-0.05, 0) is 73.0 Å². The number of benzene rings is 3. The van der Waals surface area contributed by atoms with E-state index in [1.165, 1.54) is 35.7 Å². The lowest BCUT2D eigenvalue weighted by Gasteiger charge is -2.31. The van der Waals surface area contributed by atoms with Crippen molar-refractivity contribution in [1.29, 1.82) is 0 Å². The van der Waals surface area contributed by atoms with Crippen LogP contribution in [-0.2, 0) is 16.4 Å². The van der Waals surface area contributed by atoms with Crippen LogP contribution in [0, 0.1) is 11.6 Å². The topological polar surface area (TPSA) is 87.7 Å². The number of amides is 2. The van der Waals surface area contributed by atoms with E-state index >= 15 is 0 Å². The van der Waals surface area contributed by atoms with Gasteiger partial charge in [-0.1, -0.05) is 6.07 Å². The Morgan fingerprint density at radius 1 is 1.00 bits per heavy atom. The summed E-state index contributed by atoms with van der Waals surface area (Å²) in [5.74, 6) is -1.23. The summed E-state index contributed by atoms with van der Waals surface area (Å²) in [5, 5.41) is 4.68. The third kappa shape index (κ3) is 4.61. The molecule has 0 aromatic heterocycles. The van der Waals surface area contributed by atoms with Gasteiger partial charge in [-0.3, -0.25) is 4.31 Å². The van der Waals surface area contributed by atoms with Gasteiger partial charge in [0.05, 0.1) is 17.7 Å². The highest BCUT2D eigenvalue weighted by atomic mass is 32.2. The summed E-state index contributed by atoms with van der Waals surface area (Å²) in [7, 11) is -2.29. The number of fused-ring (bicyclic) bond motifs is 1. The minimum Gasteiger partial charge on any atom is -0.497 e. The number of nitrogens with one attached hydrogen (secondary N) is 2. The maximum atomic E-state index is 13.8. The quantitative estimate of drug-likeness (QED) is 0.559. The van der Waals surface area contributed by atoms with E-state index in [2.05, 4.69) is 10.6 Å². The predicted molar refractivity (Wildman–Crippen MR) is 121 cm³/mol. The van der Waals surface area contributed by atoms with Crippen molar-refractivity contribution >= 4 is 33.1 Å². The van der Waals surface area contributed by atoms with Gasteiger partial charge in [0.25, 0.3) is 10.0 Å². The first-order valence-corrected chi connectivity index (χ1v) is 11.6. The predicted octanol–water partition coefficient (Wildman–Crippen LogP) is 4.76. The lowest BCUT2D eigenvalue weighted by Crippen LogP contribution is -2.35. The SMILES string of the molecule is COc1ccc(S(=O)(=O)N2CCCc3cc(NC(=O)Nc4c(F)cccc4F)ccc32)cc1. The lowest BCUT2D eigenvalue weighted by atomic mass is 10.0. The zero-order chi connectivity index (χ0) is 23.6. The van der Waals surface area contributed by atoms with Crippen molar-refractivity contribution < 1.29 is 26.7 Å². The number of anilines is 3. The van der Waals surface area contributed by atoms with Crippen LogP contribution in [0.4, 0.5) is 30.6 Å². The number of rotatable bonds is 5. The molecule has 10 heteroatoms. The molecule has 0 fully saturated rings. The van der Waals surface area contributed by atoms with Crippen LogP contribution in [0.25, 0.3) is 0 Å². The van der Waals surface area contributed by atoms with Crippen molar-refractivity contribution in [1.82, 2.24) is 0 Å². The molecule has 172 valence electrons. The number of carbonyl (C=O) groups is 1. The highest BCUT2D eigenvalue weighted by molar-refractivity contribution is 7.92. The number of ether oxygens (including phenoxy) is 1. The number of urea groups is 1. The van der Waals surface area contributed by atoms with E-state index in [0.29, 0.717) is 36.5 Å². The smallest absolute Gasteiger partial charge is 0.323 e. The van der Waals surface area contributed by atoms with E-state index in [0.717, 1.165) is 17.7 Å². The Bertz CT molecular complexity index is 1280. The van der Waals surface area contributed by atoms with Gasteiger partial charge in [-0.25, -0.2) is 22.0 Å². The van der Waals surface area contributed by atoms with E-state index in [-0.39, 0.29) is 4.90 Å². The molecule has 1 aliphatic heterocycles. The average molecular weight is 474 g/mol. The largest absolute Gasteiger partial charge is 0.497 e. The van der Waals surface area contributed by atoms with Crippen LogP contribution in [0.3, 0.4) is 0 Å². The third-order valence-corrected chi connectivity index (χ3v) is 7.09. The number of sulfonamides is 1. The van der Waals surface area contributed by atoms with Gasteiger partial charge in [0, 0.05) is 12.2 Å². The molecule has 0 saturated carbocycles. The molecule has 0 radical (unpaired) electrons. The van der Waals surface area contributed by atoms with Crippen molar-refractivity contribution in [3.8, 4) is 5.75 Å². The van der Waals surface area contributed by atoms with E-state index in [4.69, 9.17) is 4.74 Å². The molecule has 0 unspecified atom stereocenters. The molecule has 4 rings (SSSR count). The Hall–Kier alpha value is -3.66. The summed E-state index contributed by atoms with van der Waals surface area (Å²) in [4.78, 5) is 12.4. The fraction of sp³-hybridized carbons (Fsp3) is 0.174.